The molecule has 0 saturated carbocycles. The third-order valence-corrected chi connectivity index (χ3v) is 5.54. The van der Waals surface area contributed by atoms with E-state index in [-0.39, 0.29) is 36.8 Å². The second kappa shape index (κ2) is 13.0. The van der Waals surface area contributed by atoms with E-state index in [1.165, 1.54) is 0 Å². The van der Waals surface area contributed by atoms with Crippen LogP contribution in [0.2, 0.25) is 5.02 Å². The van der Waals surface area contributed by atoms with Gasteiger partial charge in [0.15, 0.2) is 0 Å². The molecule has 0 bridgehead atoms. The van der Waals surface area contributed by atoms with Gasteiger partial charge in [-0.1, -0.05) is 48.0 Å². The van der Waals surface area contributed by atoms with Crippen LogP contribution in [-0.4, -0.2) is 35.3 Å². The minimum absolute atomic E-state index is 0. The van der Waals surface area contributed by atoms with E-state index < -0.39 is 11.9 Å². The van der Waals surface area contributed by atoms with E-state index in [2.05, 4.69) is 10.2 Å². The Bertz CT molecular complexity index is 867. The van der Waals surface area contributed by atoms with Crippen molar-refractivity contribution in [2.24, 2.45) is 11.5 Å². The Morgan fingerprint density at radius 3 is 2.52 bits per heavy atom. The van der Waals surface area contributed by atoms with E-state index in [0.29, 0.717) is 31.0 Å². The van der Waals surface area contributed by atoms with Crippen LogP contribution in [0, 0.1) is 0 Å². The molecule has 31 heavy (non-hydrogen) atoms. The number of hydrogen-bond acceptors (Lipinski definition) is 5. The minimum atomic E-state index is -0.770. The highest BCUT2D eigenvalue weighted by atomic mass is 35.5. The fraction of sp³-hybridized carbons (Fsp3) is 0.364. The van der Waals surface area contributed by atoms with Crippen molar-refractivity contribution >= 4 is 48.2 Å². The first-order valence-electron chi connectivity index (χ1n) is 9.83. The number of rotatable bonds is 7. The summed E-state index contributed by atoms with van der Waals surface area (Å²) in [4.78, 5) is 27.2. The molecule has 0 spiro atoms. The fourth-order valence-electron chi connectivity index (χ4n) is 3.73. The zero-order valence-electron chi connectivity index (χ0n) is 17.1. The molecule has 2 aromatic carbocycles. The van der Waals surface area contributed by atoms with Crippen LogP contribution in [0.4, 0.5) is 0 Å². The number of carbonyl (C=O) groups excluding carboxylic acids is 2. The van der Waals surface area contributed by atoms with Gasteiger partial charge in [0.25, 0.3) is 0 Å². The molecule has 1 aliphatic heterocycles. The summed E-state index contributed by atoms with van der Waals surface area (Å²) < 4.78 is 0. The Morgan fingerprint density at radius 2 is 1.84 bits per heavy atom. The molecule has 0 aliphatic carbocycles. The summed E-state index contributed by atoms with van der Waals surface area (Å²) in [6, 6.07) is 14.0. The van der Waals surface area contributed by atoms with Crippen LogP contribution >= 0.6 is 36.4 Å². The third kappa shape index (κ3) is 7.45. The monoisotopic (exact) mass is 486 g/mol. The van der Waals surface area contributed by atoms with Gasteiger partial charge >= 0.3 is 0 Å². The van der Waals surface area contributed by atoms with Crippen molar-refractivity contribution in [1.29, 1.82) is 0 Å². The molecule has 2 aromatic rings. The Labute approximate surface area is 200 Å². The van der Waals surface area contributed by atoms with E-state index in [4.69, 9.17) is 23.1 Å². The van der Waals surface area contributed by atoms with Crippen LogP contribution in [0.1, 0.15) is 29.5 Å². The number of carbonyl (C=O) groups is 2. The maximum absolute atomic E-state index is 12.8. The predicted molar refractivity (Wildman–Crippen MR) is 129 cm³/mol. The van der Waals surface area contributed by atoms with Crippen LogP contribution in [0.25, 0.3) is 0 Å². The average molecular weight is 488 g/mol. The fourth-order valence-corrected chi connectivity index (χ4v) is 3.92. The van der Waals surface area contributed by atoms with Crippen molar-refractivity contribution in [2.75, 3.05) is 6.54 Å². The number of imide groups is 1. The molecule has 2 amide bonds. The number of amides is 2. The Hall–Kier alpha value is -1.67. The highest BCUT2D eigenvalue weighted by molar-refractivity contribution is 6.30. The molecule has 3 rings (SSSR count). The molecule has 0 radical (unpaired) electrons. The van der Waals surface area contributed by atoms with Crippen molar-refractivity contribution in [3.8, 4) is 0 Å². The molecule has 9 heteroatoms. The zero-order chi connectivity index (χ0) is 20.8. The largest absolute Gasteiger partial charge is 0.326 e. The molecule has 0 unspecified atom stereocenters. The van der Waals surface area contributed by atoms with Crippen molar-refractivity contribution in [3.05, 3.63) is 70.2 Å². The van der Waals surface area contributed by atoms with Gasteiger partial charge in [-0.3, -0.25) is 19.8 Å². The molecule has 1 aliphatic rings. The maximum atomic E-state index is 12.8. The smallest absolute Gasteiger partial charge is 0.243 e. The number of nitrogens with one attached hydrogen (secondary N) is 1. The van der Waals surface area contributed by atoms with Crippen molar-refractivity contribution in [1.82, 2.24) is 10.2 Å². The average Bonchev–Trinajstić information content (AvgIpc) is 3.17. The lowest BCUT2D eigenvalue weighted by molar-refractivity contribution is -0.133. The molecule has 170 valence electrons. The second-order valence-electron chi connectivity index (χ2n) is 7.40. The second-order valence-corrected chi connectivity index (χ2v) is 7.83. The lowest BCUT2D eigenvalue weighted by Crippen LogP contribution is -2.50. The van der Waals surface area contributed by atoms with Gasteiger partial charge in [-0.2, -0.15) is 0 Å². The number of likely N-dealkylation sites (tertiary alicyclic amines) is 1. The summed E-state index contributed by atoms with van der Waals surface area (Å²) in [5.41, 5.74) is 14.8. The van der Waals surface area contributed by atoms with Gasteiger partial charge in [0.1, 0.15) is 0 Å². The van der Waals surface area contributed by atoms with Crippen LogP contribution < -0.4 is 16.8 Å². The topological polar surface area (TPSA) is 101 Å². The van der Waals surface area contributed by atoms with Crippen molar-refractivity contribution in [3.63, 3.8) is 0 Å². The van der Waals surface area contributed by atoms with Crippen molar-refractivity contribution < 1.29 is 9.59 Å². The first kappa shape index (κ1) is 27.4. The van der Waals surface area contributed by atoms with Gasteiger partial charge in [0, 0.05) is 18.1 Å². The highest BCUT2D eigenvalue weighted by Crippen LogP contribution is 2.24. The number of hydrogen-bond donors (Lipinski definition) is 3. The van der Waals surface area contributed by atoms with E-state index >= 15 is 0 Å². The third-order valence-electron chi connectivity index (χ3n) is 5.31. The van der Waals surface area contributed by atoms with Crippen molar-refractivity contribution in [2.45, 2.75) is 44.4 Å². The standard InChI is InChI=1S/C22H27ClN4O2.2ClH/c23-18-9-8-16(13-24)17(12-18)14-27-10-4-7-20(27)22(29)26-21(28)19(25)11-15-5-2-1-3-6-15;;/h1-3,5-6,8-9,12,19-20H,4,7,10-11,13-14,24-25H2,(H,26,28,29);2*1H/t19-,20+;;/m1../s1. The SMILES string of the molecule is Cl.Cl.NCc1ccc(Cl)cc1CN1CCC[C@H]1C(=O)NC(=O)[C@H](N)Cc1ccccc1. The van der Waals surface area contributed by atoms with Crippen LogP contribution in [-0.2, 0) is 29.1 Å². The number of benzene rings is 2. The Kier molecular flexibility index (Phi) is 11.5. The summed E-state index contributed by atoms with van der Waals surface area (Å²) in [6.45, 7) is 1.75. The number of nitrogens with two attached hydrogens (primary N) is 2. The number of nitrogens with zero attached hydrogens (tertiary/aromatic N) is 1. The number of halogens is 3. The highest BCUT2D eigenvalue weighted by Gasteiger charge is 2.32. The molecular formula is C22H29Cl3N4O2. The van der Waals surface area contributed by atoms with Gasteiger partial charge in [-0.25, -0.2) is 0 Å². The quantitative estimate of drug-likeness (QED) is 0.557. The normalized spacial score (nSPS) is 16.7. The van der Waals surface area contributed by atoms with E-state index in [1.54, 1.807) is 0 Å². The van der Waals surface area contributed by atoms with Gasteiger partial charge in [-0.15, -0.1) is 24.8 Å². The first-order valence-corrected chi connectivity index (χ1v) is 10.2. The lowest BCUT2D eigenvalue weighted by Gasteiger charge is -2.25. The van der Waals surface area contributed by atoms with Crippen LogP contribution in [0.3, 0.4) is 0 Å². The van der Waals surface area contributed by atoms with Crippen LogP contribution in [0.15, 0.2) is 48.5 Å². The first-order chi connectivity index (χ1) is 14.0. The summed E-state index contributed by atoms with van der Waals surface area (Å²) >= 11 is 6.13. The summed E-state index contributed by atoms with van der Waals surface area (Å²) in [6.07, 6.45) is 1.98. The van der Waals surface area contributed by atoms with E-state index in [1.807, 2.05) is 48.5 Å². The van der Waals surface area contributed by atoms with E-state index in [9.17, 15) is 9.59 Å². The minimum Gasteiger partial charge on any atom is -0.326 e. The molecule has 1 fully saturated rings. The molecule has 5 N–H and O–H groups in total. The summed E-state index contributed by atoms with van der Waals surface area (Å²) in [7, 11) is 0. The maximum Gasteiger partial charge on any atom is 0.243 e. The van der Waals surface area contributed by atoms with Gasteiger partial charge in [-0.05, 0) is 54.6 Å². The summed E-state index contributed by atoms with van der Waals surface area (Å²) in [5.74, 6) is -0.747. The molecule has 0 aromatic heterocycles. The summed E-state index contributed by atoms with van der Waals surface area (Å²) in [5, 5.41) is 3.14. The van der Waals surface area contributed by atoms with Gasteiger partial charge < -0.3 is 11.5 Å². The zero-order valence-corrected chi connectivity index (χ0v) is 19.5. The molecular weight excluding hydrogens is 459 g/mol. The van der Waals surface area contributed by atoms with E-state index in [0.717, 1.165) is 29.7 Å². The lowest BCUT2D eigenvalue weighted by atomic mass is 10.1. The molecule has 1 saturated heterocycles. The molecule has 2 atom stereocenters. The van der Waals surface area contributed by atoms with Gasteiger partial charge in [0.05, 0.1) is 12.1 Å². The molecule has 1 heterocycles. The Morgan fingerprint density at radius 1 is 1.13 bits per heavy atom. The Balaban J connectivity index is 0.00000240. The predicted octanol–water partition coefficient (Wildman–Crippen LogP) is 2.82. The van der Waals surface area contributed by atoms with Crippen LogP contribution in [0.5, 0.6) is 0 Å². The molecule has 6 nitrogen and oxygen atoms in total. The van der Waals surface area contributed by atoms with Gasteiger partial charge in [0.2, 0.25) is 11.8 Å².